The molecule has 3 rings (SSSR count). The molecule has 23 heavy (non-hydrogen) atoms. The van der Waals surface area contributed by atoms with Gasteiger partial charge in [0.2, 0.25) is 0 Å². The SMILES string of the molecule is O=CC1(c2ccc(OCc3ccc(C(F)(F)F)cc3)cc2)CC1. The maximum atomic E-state index is 12.5. The molecule has 0 spiro atoms. The summed E-state index contributed by atoms with van der Waals surface area (Å²) in [6, 6.07) is 12.2. The number of carbonyl (C=O) groups is 1. The van der Waals surface area contributed by atoms with Gasteiger partial charge >= 0.3 is 6.18 Å². The van der Waals surface area contributed by atoms with Crippen LogP contribution >= 0.6 is 0 Å². The zero-order chi connectivity index (χ0) is 16.5. The van der Waals surface area contributed by atoms with Crippen molar-refractivity contribution < 1.29 is 22.7 Å². The average Bonchev–Trinajstić information content (AvgIpc) is 3.34. The Kier molecular flexibility index (Phi) is 3.88. The maximum absolute atomic E-state index is 12.5. The quantitative estimate of drug-likeness (QED) is 0.757. The molecule has 0 aliphatic heterocycles. The molecule has 0 aromatic heterocycles. The lowest BCUT2D eigenvalue weighted by atomic mass is 9.98. The van der Waals surface area contributed by atoms with Crippen LogP contribution in [0.3, 0.4) is 0 Å². The topological polar surface area (TPSA) is 26.3 Å². The predicted molar refractivity (Wildman–Crippen MR) is 79.2 cm³/mol. The minimum Gasteiger partial charge on any atom is -0.489 e. The summed E-state index contributed by atoms with van der Waals surface area (Å²) < 4.78 is 43.0. The van der Waals surface area contributed by atoms with E-state index >= 15 is 0 Å². The predicted octanol–water partition coefficient (Wildman–Crippen LogP) is 4.51. The molecule has 0 bridgehead atoms. The second-order valence-corrected chi connectivity index (χ2v) is 5.78. The number of halogens is 3. The molecular weight excluding hydrogens is 305 g/mol. The lowest BCUT2D eigenvalue weighted by Crippen LogP contribution is -2.07. The Morgan fingerprint density at radius 3 is 2.09 bits per heavy atom. The summed E-state index contributed by atoms with van der Waals surface area (Å²) in [5.74, 6) is 0.621. The van der Waals surface area contributed by atoms with Crippen LogP contribution in [0.25, 0.3) is 0 Å². The van der Waals surface area contributed by atoms with Gasteiger partial charge in [-0.2, -0.15) is 13.2 Å². The Labute approximate surface area is 131 Å². The highest BCUT2D eigenvalue weighted by Gasteiger charge is 2.44. The first-order valence-electron chi connectivity index (χ1n) is 7.29. The Bertz CT molecular complexity index is 684. The monoisotopic (exact) mass is 320 g/mol. The molecule has 2 aromatic carbocycles. The number of hydrogen-bond acceptors (Lipinski definition) is 2. The summed E-state index contributed by atoms with van der Waals surface area (Å²) in [4.78, 5) is 11.1. The molecule has 0 atom stereocenters. The number of alkyl halides is 3. The molecule has 1 aliphatic carbocycles. The van der Waals surface area contributed by atoms with Crippen LogP contribution in [-0.4, -0.2) is 6.29 Å². The van der Waals surface area contributed by atoms with Crippen molar-refractivity contribution in [3.63, 3.8) is 0 Å². The number of carbonyl (C=O) groups excluding carboxylic acids is 1. The van der Waals surface area contributed by atoms with Gasteiger partial charge in [-0.05, 0) is 48.2 Å². The van der Waals surface area contributed by atoms with Gasteiger partial charge in [0.1, 0.15) is 18.6 Å². The third-order valence-electron chi connectivity index (χ3n) is 4.13. The van der Waals surface area contributed by atoms with E-state index in [0.717, 1.165) is 36.8 Å². The van der Waals surface area contributed by atoms with Crippen LogP contribution in [0, 0.1) is 0 Å². The van der Waals surface area contributed by atoms with Crippen molar-refractivity contribution in [2.75, 3.05) is 0 Å². The Hall–Kier alpha value is -2.30. The first kappa shape index (κ1) is 15.6. The van der Waals surface area contributed by atoms with Crippen molar-refractivity contribution in [1.82, 2.24) is 0 Å². The fraction of sp³-hybridized carbons (Fsp3) is 0.278. The molecule has 120 valence electrons. The van der Waals surface area contributed by atoms with Crippen LogP contribution < -0.4 is 4.74 Å². The summed E-state index contributed by atoms with van der Waals surface area (Å²) in [5.41, 5.74) is 0.656. The molecule has 2 aromatic rings. The van der Waals surface area contributed by atoms with E-state index in [-0.39, 0.29) is 12.0 Å². The minimum absolute atomic E-state index is 0.191. The van der Waals surface area contributed by atoms with Crippen molar-refractivity contribution in [2.24, 2.45) is 0 Å². The molecule has 1 saturated carbocycles. The van der Waals surface area contributed by atoms with E-state index in [0.29, 0.717) is 11.3 Å². The van der Waals surface area contributed by atoms with E-state index in [1.165, 1.54) is 12.1 Å². The van der Waals surface area contributed by atoms with Crippen LogP contribution in [-0.2, 0) is 23.0 Å². The Balaban J connectivity index is 1.61. The van der Waals surface area contributed by atoms with Gasteiger partial charge in [-0.15, -0.1) is 0 Å². The molecule has 0 heterocycles. The first-order chi connectivity index (χ1) is 10.9. The molecule has 2 nitrogen and oxygen atoms in total. The smallest absolute Gasteiger partial charge is 0.416 e. The van der Waals surface area contributed by atoms with Gasteiger partial charge in [0.15, 0.2) is 0 Å². The summed E-state index contributed by atoms with van der Waals surface area (Å²) in [5, 5.41) is 0. The van der Waals surface area contributed by atoms with E-state index in [1.807, 2.05) is 12.1 Å². The van der Waals surface area contributed by atoms with Crippen LogP contribution in [0.15, 0.2) is 48.5 Å². The zero-order valence-electron chi connectivity index (χ0n) is 12.3. The van der Waals surface area contributed by atoms with E-state index in [1.54, 1.807) is 12.1 Å². The third-order valence-corrected chi connectivity index (χ3v) is 4.13. The molecule has 1 fully saturated rings. The zero-order valence-corrected chi connectivity index (χ0v) is 12.3. The average molecular weight is 320 g/mol. The number of benzene rings is 2. The van der Waals surface area contributed by atoms with E-state index in [4.69, 9.17) is 4.74 Å². The highest BCUT2D eigenvalue weighted by molar-refractivity contribution is 5.73. The maximum Gasteiger partial charge on any atom is 0.416 e. The molecule has 1 aliphatic rings. The summed E-state index contributed by atoms with van der Waals surface area (Å²) >= 11 is 0. The summed E-state index contributed by atoms with van der Waals surface area (Å²) in [7, 11) is 0. The molecular formula is C18H15F3O2. The van der Waals surface area contributed by atoms with Crippen molar-refractivity contribution in [3.05, 3.63) is 65.2 Å². The molecule has 0 N–H and O–H groups in total. The Morgan fingerprint density at radius 2 is 1.61 bits per heavy atom. The third kappa shape index (κ3) is 3.38. The number of hydrogen-bond donors (Lipinski definition) is 0. The molecule has 0 unspecified atom stereocenters. The lowest BCUT2D eigenvalue weighted by Gasteiger charge is -2.11. The lowest BCUT2D eigenvalue weighted by molar-refractivity contribution is -0.137. The largest absolute Gasteiger partial charge is 0.489 e. The van der Waals surface area contributed by atoms with Gasteiger partial charge in [0.25, 0.3) is 0 Å². The first-order valence-corrected chi connectivity index (χ1v) is 7.29. The van der Waals surface area contributed by atoms with Crippen molar-refractivity contribution >= 4 is 6.29 Å². The van der Waals surface area contributed by atoms with Gasteiger partial charge in [0.05, 0.1) is 11.0 Å². The molecule has 0 saturated heterocycles. The van der Waals surface area contributed by atoms with Crippen LogP contribution in [0.1, 0.15) is 29.5 Å². The van der Waals surface area contributed by atoms with Crippen molar-refractivity contribution in [1.29, 1.82) is 0 Å². The second-order valence-electron chi connectivity index (χ2n) is 5.78. The van der Waals surface area contributed by atoms with Gasteiger partial charge < -0.3 is 9.53 Å². The summed E-state index contributed by atoms with van der Waals surface area (Å²) in [6.07, 6.45) is -1.58. The number of rotatable bonds is 5. The summed E-state index contributed by atoms with van der Waals surface area (Å²) in [6.45, 7) is 0.191. The highest BCUT2D eigenvalue weighted by Crippen LogP contribution is 2.46. The minimum atomic E-state index is -4.33. The van der Waals surface area contributed by atoms with Crippen LogP contribution in [0.4, 0.5) is 13.2 Å². The van der Waals surface area contributed by atoms with Gasteiger partial charge in [-0.25, -0.2) is 0 Å². The van der Waals surface area contributed by atoms with Gasteiger partial charge in [0, 0.05) is 0 Å². The normalized spacial score (nSPS) is 16.0. The van der Waals surface area contributed by atoms with Crippen molar-refractivity contribution in [2.45, 2.75) is 31.0 Å². The van der Waals surface area contributed by atoms with Gasteiger partial charge in [-0.1, -0.05) is 24.3 Å². The fourth-order valence-electron chi connectivity index (χ4n) is 2.45. The number of ether oxygens (including phenoxy) is 1. The highest BCUT2D eigenvalue weighted by atomic mass is 19.4. The van der Waals surface area contributed by atoms with Crippen molar-refractivity contribution in [3.8, 4) is 5.75 Å². The molecule has 0 amide bonds. The van der Waals surface area contributed by atoms with Gasteiger partial charge in [-0.3, -0.25) is 0 Å². The fourth-order valence-corrected chi connectivity index (χ4v) is 2.45. The van der Waals surface area contributed by atoms with E-state index < -0.39 is 11.7 Å². The Morgan fingerprint density at radius 1 is 1.00 bits per heavy atom. The van der Waals surface area contributed by atoms with E-state index in [9.17, 15) is 18.0 Å². The second kappa shape index (κ2) is 5.72. The van der Waals surface area contributed by atoms with Crippen LogP contribution in [0.2, 0.25) is 0 Å². The van der Waals surface area contributed by atoms with Crippen LogP contribution in [0.5, 0.6) is 5.75 Å². The molecule has 5 heteroatoms. The number of aldehydes is 1. The standard InChI is InChI=1S/C18H15F3O2/c19-18(20,21)15-3-1-13(2-4-15)11-23-16-7-5-14(6-8-16)17(12-22)9-10-17/h1-8,12H,9-11H2. The molecule has 0 radical (unpaired) electrons. The van der Waals surface area contributed by atoms with E-state index in [2.05, 4.69) is 0 Å².